The lowest BCUT2D eigenvalue weighted by atomic mass is 9.84. The number of hydrogen-bond acceptors (Lipinski definition) is 7. The van der Waals surface area contributed by atoms with Crippen LogP contribution >= 0.6 is 0 Å². The van der Waals surface area contributed by atoms with Crippen LogP contribution in [-0.2, 0) is 11.2 Å². The molecule has 0 N–H and O–H groups in total. The molecule has 2 atom stereocenters. The van der Waals surface area contributed by atoms with Crippen molar-refractivity contribution in [2.45, 2.75) is 25.4 Å². The third-order valence-electron chi connectivity index (χ3n) is 6.29. The predicted molar refractivity (Wildman–Crippen MR) is 120 cm³/mol. The van der Waals surface area contributed by atoms with E-state index in [1.165, 1.54) is 26.2 Å². The number of methoxy groups -OCH3 is 5. The first kappa shape index (κ1) is 22.6. The largest absolute Gasteiger partial charge is 0.493 e. The van der Waals surface area contributed by atoms with Crippen LogP contribution in [0.2, 0.25) is 0 Å². The smallest absolute Gasteiger partial charge is 0.328 e. The quantitative estimate of drug-likeness (QED) is 0.592. The number of amides is 3. The van der Waals surface area contributed by atoms with Gasteiger partial charge in [-0.05, 0) is 47.9 Å². The molecule has 0 unspecified atom stereocenters. The number of hydrogen-bond donors (Lipinski definition) is 0. The van der Waals surface area contributed by atoms with Crippen LogP contribution in [0.1, 0.15) is 29.7 Å². The van der Waals surface area contributed by atoms with Gasteiger partial charge in [0.15, 0.2) is 23.0 Å². The molecule has 3 amide bonds. The van der Waals surface area contributed by atoms with E-state index in [9.17, 15) is 9.59 Å². The Hall–Kier alpha value is -3.62. The van der Waals surface area contributed by atoms with Crippen LogP contribution in [0.3, 0.4) is 0 Å². The topological polar surface area (TPSA) is 86.8 Å². The molecule has 0 aromatic heterocycles. The van der Waals surface area contributed by atoms with Crippen molar-refractivity contribution < 1.29 is 33.3 Å². The van der Waals surface area contributed by atoms with Crippen LogP contribution in [-0.4, -0.2) is 69.9 Å². The first-order valence-electron chi connectivity index (χ1n) is 10.6. The van der Waals surface area contributed by atoms with Crippen molar-refractivity contribution >= 4 is 11.9 Å². The second-order valence-electron chi connectivity index (χ2n) is 7.76. The van der Waals surface area contributed by atoms with Gasteiger partial charge in [0.25, 0.3) is 5.91 Å². The fraction of sp³-hybridized carbons (Fsp3) is 0.417. The highest BCUT2D eigenvalue weighted by atomic mass is 16.5. The number of fused-ring (bicyclic) bond motifs is 2. The number of carbonyl (C=O) groups is 2. The number of likely N-dealkylation sites (N-methyl/N-ethyl adjacent to an activating group) is 1. The minimum Gasteiger partial charge on any atom is -0.493 e. The second-order valence-corrected chi connectivity index (χ2v) is 7.76. The summed E-state index contributed by atoms with van der Waals surface area (Å²) >= 11 is 0. The predicted octanol–water partition coefficient (Wildman–Crippen LogP) is 3.03. The minimum atomic E-state index is -0.618. The summed E-state index contributed by atoms with van der Waals surface area (Å²) in [6.45, 7) is 2.09. The van der Waals surface area contributed by atoms with Crippen molar-refractivity contribution in [3.63, 3.8) is 0 Å². The summed E-state index contributed by atoms with van der Waals surface area (Å²) < 4.78 is 27.6. The van der Waals surface area contributed by atoms with Crippen molar-refractivity contribution in [2.24, 2.45) is 0 Å². The molecule has 2 aromatic carbocycles. The average molecular weight is 456 g/mol. The van der Waals surface area contributed by atoms with Crippen LogP contribution in [0, 0.1) is 0 Å². The van der Waals surface area contributed by atoms with E-state index in [-0.39, 0.29) is 11.9 Å². The monoisotopic (exact) mass is 456 g/mol. The SMILES string of the molecule is CCN1C(=O)[C@@H]2Cc3cc(OC)c(OC)cc3[C@@H](c3cc(OC)c(OC)c(OC)c3)N2C1=O. The third-order valence-corrected chi connectivity index (χ3v) is 6.29. The first-order chi connectivity index (χ1) is 15.9. The van der Waals surface area contributed by atoms with Gasteiger partial charge in [-0.15, -0.1) is 0 Å². The summed E-state index contributed by atoms with van der Waals surface area (Å²) in [4.78, 5) is 29.4. The standard InChI is InChI=1S/C24H28N2O7/c1-7-25-23(27)16-8-13-9-17(29-2)18(30-3)12-15(13)21(26(16)24(25)28)14-10-19(31-4)22(33-6)20(11-14)32-5/h9-12,16,21H,7-8H2,1-6H3/t16-,21+/m0/s1. The average Bonchev–Trinajstić information content (AvgIpc) is 3.09. The Labute approximate surface area is 192 Å². The van der Waals surface area contributed by atoms with Crippen LogP contribution in [0.15, 0.2) is 24.3 Å². The zero-order valence-electron chi connectivity index (χ0n) is 19.6. The van der Waals surface area contributed by atoms with E-state index in [0.29, 0.717) is 41.7 Å². The second kappa shape index (κ2) is 8.73. The lowest BCUT2D eigenvalue weighted by molar-refractivity contribution is -0.128. The van der Waals surface area contributed by atoms with Gasteiger partial charge in [0.2, 0.25) is 5.75 Å². The molecular weight excluding hydrogens is 428 g/mol. The molecule has 9 nitrogen and oxygen atoms in total. The molecule has 0 radical (unpaired) electrons. The van der Waals surface area contributed by atoms with Crippen molar-refractivity contribution in [1.29, 1.82) is 0 Å². The van der Waals surface area contributed by atoms with E-state index < -0.39 is 12.1 Å². The van der Waals surface area contributed by atoms with E-state index >= 15 is 0 Å². The Morgan fingerprint density at radius 1 is 0.818 bits per heavy atom. The Balaban J connectivity index is 1.99. The van der Waals surface area contributed by atoms with Crippen molar-refractivity contribution in [1.82, 2.24) is 9.80 Å². The molecule has 9 heteroatoms. The Kier molecular flexibility index (Phi) is 5.97. The number of rotatable bonds is 7. The lowest BCUT2D eigenvalue weighted by Crippen LogP contribution is -2.44. The molecule has 0 aliphatic carbocycles. The fourth-order valence-electron chi connectivity index (χ4n) is 4.76. The van der Waals surface area contributed by atoms with Gasteiger partial charge in [-0.3, -0.25) is 9.69 Å². The molecule has 2 aliphatic rings. The van der Waals surface area contributed by atoms with E-state index in [2.05, 4.69) is 0 Å². The number of imide groups is 1. The van der Waals surface area contributed by atoms with E-state index in [4.69, 9.17) is 23.7 Å². The Morgan fingerprint density at radius 2 is 1.39 bits per heavy atom. The van der Waals surface area contributed by atoms with Crippen LogP contribution in [0.5, 0.6) is 28.7 Å². The van der Waals surface area contributed by atoms with Crippen LogP contribution in [0.4, 0.5) is 4.79 Å². The minimum absolute atomic E-state index is 0.208. The maximum atomic E-state index is 13.4. The number of nitrogens with zero attached hydrogens (tertiary/aromatic N) is 2. The normalized spacial score (nSPS) is 19.2. The molecule has 0 spiro atoms. The molecule has 2 heterocycles. The first-order valence-corrected chi connectivity index (χ1v) is 10.6. The molecule has 0 saturated carbocycles. The molecule has 1 saturated heterocycles. The molecule has 33 heavy (non-hydrogen) atoms. The van der Waals surface area contributed by atoms with Gasteiger partial charge in [0.1, 0.15) is 6.04 Å². The van der Waals surface area contributed by atoms with Gasteiger partial charge in [0.05, 0.1) is 41.6 Å². The molecular formula is C24H28N2O7. The van der Waals surface area contributed by atoms with E-state index in [0.717, 1.165) is 16.7 Å². The summed E-state index contributed by atoms with van der Waals surface area (Å²) in [5.41, 5.74) is 2.48. The number of urea groups is 1. The lowest BCUT2D eigenvalue weighted by Gasteiger charge is -2.38. The van der Waals surface area contributed by atoms with E-state index in [1.54, 1.807) is 38.2 Å². The highest BCUT2D eigenvalue weighted by molar-refractivity contribution is 6.05. The molecule has 1 fully saturated rings. The van der Waals surface area contributed by atoms with Gasteiger partial charge in [-0.25, -0.2) is 4.79 Å². The van der Waals surface area contributed by atoms with Gasteiger partial charge in [-0.2, -0.15) is 0 Å². The third kappa shape index (κ3) is 3.39. The highest BCUT2D eigenvalue weighted by Crippen LogP contribution is 2.48. The number of ether oxygens (including phenoxy) is 5. The summed E-state index contributed by atoms with van der Waals surface area (Å²) in [6.07, 6.45) is 0.387. The zero-order chi connectivity index (χ0) is 23.9. The van der Waals surface area contributed by atoms with Gasteiger partial charge in [-0.1, -0.05) is 0 Å². The highest BCUT2D eigenvalue weighted by Gasteiger charge is 2.51. The van der Waals surface area contributed by atoms with Gasteiger partial charge < -0.3 is 28.6 Å². The summed E-state index contributed by atoms with van der Waals surface area (Å²) in [5, 5.41) is 0. The number of carbonyl (C=O) groups excluding carboxylic acids is 2. The van der Waals surface area contributed by atoms with Crippen molar-refractivity contribution in [3.8, 4) is 28.7 Å². The van der Waals surface area contributed by atoms with Crippen molar-refractivity contribution in [3.05, 3.63) is 41.0 Å². The fourth-order valence-corrected chi connectivity index (χ4v) is 4.76. The van der Waals surface area contributed by atoms with Gasteiger partial charge >= 0.3 is 6.03 Å². The molecule has 4 rings (SSSR count). The Bertz CT molecular complexity index is 1080. The molecule has 176 valence electrons. The zero-order valence-corrected chi connectivity index (χ0v) is 19.6. The summed E-state index contributed by atoms with van der Waals surface area (Å²) in [5.74, 6) is 2.26. The molecule has 0 bridgehead atoms. The van der Waals surface area contributed by atoms with Crippen LogP contribution in [0.25, 0.3) is 0 Å². The summed E-state index contributed by atoms with van der Waals surface area (Å²) in [6, 6.07) is 5.84. The van der Waals surface area contributed by atoms with E-state index in [1.807, 2.05) is 12.1 Å². The number of benzene rings is 2. The maximum absolute atomic E-state index is 13.4. The van der Waals surface area contributed by atoms with Crippen molar-refractivity contribution in [2.75, 3.05) is 42.1 Å². The molecule has 2 aliphatic heterocycles. The maximum Gasteiger partial charge on any atom is 0.328 e. The van der Waals surface area contributed by atoms with Gasteiger partial charge in [0, 0.05) is 13.0 Å². The molecule has 2 aromatic rings. The summed E-state index contributed by atoms with van der Waals surface area (Å²) in [7, 11) is 7.74. The Morgan fingerprint density at radius 3 is 1.91 bits per heavy atom. The van der Waals surface area contributed by atoms with Crippen LogP contribution < -0.4 is 23.7 Å².